The lowest BCUT2D eigenvalue weighted by Gasteiger charge is -2.05. The van der Waals surface area contributed by atoms with E-state index in [2.05, 4.69) is 4.98 Å². The van der Waals surface area contributed by atoms with Gasteiger partial charge in [-0.1, -0.05) is 17.8 Å². The Balaban J connectivity index is 2.70. The van der Waals surface area contributed by atoms with Crippen LogP contribution in [0.3, 0.4) is 0 Å². The maximum Gasteiger partial charge on any atom is 0.417 e. The van der Waals surface area contributed by atoms with Gasteiger partial charge in [0.1, 0.15) is 0 Å². The monoisotopic (exact) mass is 249 g/mol. The van der Waals surface area contributed by atoms with E-state index in [0.717, 1.165) is 17.4 Å². The van der Waals surface area contributed by atoms with Crippen LogP contribution >= 0.6 is 23.1 Å². The molecule has 0 unspecified atom stereocenters. The Hall–Kier alpha value is -0.750. The minimum Gasteiger partial charge on any atom is -0.230 e. The summed E-state index contributed by atoms with van der Waals surface area (Å²) in [7, 11) is 0. The van der Waals surface area contributed by atoms with E-state index in [1.807, 2.05) is 0 Å². The quantitative estimate of drug-likeness (QED) is 0.707. The van der Waals surface area contributed by atoms with Crippen molar-refractivity contribution >= 4 is 33.3 Å². The van der Waals surface area contributed by atoms with Crippen molar-refractivity contribution in [3.63, 3.8) is 0 Å². The number of hydrogen-bond acceptors (Lipinski definition) is 3. The molecule has 0 fully saturated rings. The van der Waals surface area contributed by atoms with Crippen LogP contribution in [0.5, 0.6) is 0 Å². The first kappa shape index (κ1) is 10.8. The number of thioether (sulfide) groups is 1. The fraction of sp³-hybridized carbons (Fsp3) is 0.222. The van der Waals surface area contributed by atoms with Crippen LogP contribution in [0.4, 0.5) is 13.2 Å². The Kier molecular flexibility index (Phi) is 2.64. The number of benzene rings is 1. The molecular formula is C9H6F3NS2. The molecule has 0 atom stereocenters. The van der Waals surface area contributed by atoms with E-state index in [9.17, 15) is 13.2 Å². The van der Waals surface area contributed by atoms with Crippen molar-refractivity contribution in [2.24, 2.45) is 0 Å². The molecule has 1 nitrogen and oxygen atoms in total. The molecule has 0 amide bonds. The molecule has 0 aliphatic heterocycles. The van der Waals surface area contributed by atoms with Gasteiger partial charge in [-0.05, 0) is 18.4 Å². The normalized spacial score (nSPS) is 12.3. The van der Waals surface area contributed by atoms with Crippen LogP contribution in [-0.2, 0) is 6.18 Å². The minimum absolute atomic E-state index is 0.217. The highest BCUT2D eigenvalue weighted by molar-refractivity contribution is 8.00. The van der Waals surface area contributed by atoms with E-state index < -0.39 is 11.7 Å². The zero-order chi connectivity index (χ0) is 11.1. The van der Waals surface area contributed by atoms with Gasteiger partial charge in [0.05, 0.1) is 15.8 Å². The molecule has 0 bridgehead atoms. The number of thiazole rings is 1. The standard InChI is InChI=1S/C9H6F3NS2/c1-14-8-13-6-4-2-3-5(7(6)15-8)9(10,11)12/h2-4H,1H3. The highest BCUT2D eigenvalue weighted by Crippen LogP contribution is 2.38. The summed E-state index contributed by atoms with van der Waals surface area (Å²) < 4.78 is 38.7. The largest absolute Gasteiger partial charge is 0.417 e. The Morgan fingerprint density at radius 3 is 2.67 bits per heavy atom. The topological polar surface area (TPSA) is 12.9 Å². The fourth-order valence-electron chi connectivity index (χ4n) is 1.24. The van der Waals surface area contributed by atoms with E-state index in [-0.39, 0.29) is 4.70 Å². The van der Waals surface area contributed by atoms with Gasteiger partial charge < -0.3 is 0 Å². The average Bonchev–Trinajstić information content (AvgIpc) is 2.57. The molecule has 0 saturated heterocycles. The molecule has 0 aliphatic carbocycles. The number of rotatable bonds is 1. The molecule has 2 rings (SSSR count). The molecule has 80 valence electrons. The van der Waals surface area contributed by atoms with Gasteiger partial charge in [0, 0.05) is 0 Å². The Morgan fingerprint density at radius 2 is 2.07 bits per heavy atom. The van der Waals surface area contributed by atoms with E-state index >= 15 is 0 Å². The number of fused-ring (bicyclic) bond motifs is 1. The van der Waals surface area contributed by atoms with Gasteiger partial charge in [-0.2, -0.15) is 13.2 Å². The van der Waals surface area contributed by atoms with E-state index in [4.69, 9.17) is 0 Å². The van der Waals surface area contributed by atoms with Crippen molar-refractivity contribution in [1.29, 1.82) is 0 Å². The third kappa shape index (κ3) is 1.96. The lowest BCUT2D eigenvalue weighted by molar-refractivity contribution is -0.136. The highest BCUT2D eigenvalue weighted by atomic mass is 32.2. The Labute approximate surface area is 92.3 Å². The predicted octanol–water partition coefficient (Wildman–Crippen LogP) is 4.04. The Morgan fingerprint density at radius 1 is 1.33 bits per heavy atom. The number of nitrogens with zero attached hydrogens (tertiary/aromatic N) is 1. The summed E-state index contributed by atoms with van der Waals surface area (Å²) in [6, 6.07) is 4.07. The van der Waals surface area contributed by atoms with E-state index in [1.54, 1.807) is 12.3 Å². The molecule has 0 radical (unpaired) electrons. The zero-order valence-electron chi connectivity index (χ0n) is 7.63. The van der Waals surface area contributed by atoms with Crippen LogP contribution in [-0.4, -0.2) is 11.2 Å². The smallest absolute Gasteiger partial charge is 0.230 e. The van der Waals surface area contributed by atoms with Gasteiger partial charge in [0.2, 0.25) is 0 Å². The second-order valence-electron chi connectivity index (χ2n) is 2.84. The second kappa shape index (κ2) is 3.68. The third-order valence-corrected chi connectivity index (χ3v) is 3.96. The molecule has 1 aromatic heterocycles. The van der Waals surface area contributed by atoms with E-state index in [1.165, 1.54) is 17.8 Å². The molecule has 0 spiro atoms. The summed E-state index contributed by atoms with van der Waals surface area (Å²) in [6.45, 7) is 0. The zero-order valence-corrected chi connectivity index (χ0v) is 9.26. The summed E-state index contributed by atoms with van der Waals surface area (Å²) in [5.74, 6) is 0. The minimum atomic E-state index is -4.30. The molecule has 2 aromatic rings. The SMILES string of the molecule is CSc1nc2cccc(C(F)(F)F)c2s1. The van der Waals surface area contributed by atoms with Crippen LogP contribution in [0.25, 0.3) is 10.2 Å². The van der Waals surface area contributed by atoms with Crippen LogP contribution < -0.4 is 0 Å². The molecule has 6 heteroatoms. The maximum absolute atomic E-state index is 12.6. The third-order valence-electron chi connectivity index (χ3n) is 1.88. The maximum atomic E-state index is 12.6. The second-order valence-corrected chi connectivity index (χ2v) is 4.89. The van der Waals surface area contributed by atoms with Crippen molar-refractivity contribution in [2.45, 2.75) is 10.5 Å². The first-order valence-electron chi connectivity index (χ1n) is 4.03. The Bertz CT molecular complexity index is 490. The van der Waals surface area contributed by atoms with Crippen LogP contribution in [0.1, 0.15) is 5.56 Å². The van der Waals surface area contributed by atoms with Gasteiger partial charge in [-0.3, -0.25) is 0 Å². The first-order chi connectivity index (χ1) is 7.02. The lowest BCUT2D eigenvalue weighted by Crippen LogP contribution is -2.04. The van der Waals surface area contributed by atoms with Crippen molar-refractivity contribution in [3.8, 4) is 0 Å². The summed E-state index contributed by atoms with van der Waals surface area (Å²) in [5.41, 5.74) is -0.183. The molecule has 0 N–H and O–H groups in total. The summed E-state index contributed by atoms with van der Waals surface area (Å²) >= 11 is 2.44. The van der Waals surface area contributed by atoms with Crippen molar-refractivity contribution < 1.29 is 13.2 Å². The summed E-state index contributed by atoms with van der Waals surface area (Å²) in [4.78, 5) is 4.09. The number of alkyl halides is 3. The number of hydrogen-bond donors (Lipinski definition) is 0. The van der Waals surface area contributed by atoms with Crippen molar-refractivity contribution in [3.05, 3.63) is 23.8 Å². The highest BCUT2D eigenvalue weighted by Gasteiger charge is 2.33. The molecule has 0 saturated carbocycles. The average molecular weight is 249 g/mol. The fourth-order valence-corrected chi connectivity index (χ4v) is 2.84. The number of aromatic nitrogens is 1. The van der Waals surface area contributed by atoms with Crippen molar-refractivity contribution in [2.75, 3.05) is 6.26 Å². The predicted molar refractivity (Wildman–Crippen MR) is 56.4 cm³/mol. The summed E-state index contributed by atoms with van der Waals surface area (Å²) in [5, 5.41) is 0. The molecule has 0 aliphatic rings. The van der Waals surface area contributed by atoms with Gasteiger partial charge in [-0.25, -0.2) is 4.98 Å². The van der Waals surface area contributed by atoms with Gasteiger partial charge in [0.15, 0.2) is 4.34 Å². The molecule has 15 heavy (non-hydrogen) atoms. The lowest BCUT2D eigenvalue weighted by atomic mass is 10.2. The van der Waals surface area contributed by atoms with Gasteiger partial charge >= 0.3 is 6.18 Å². The van der Waals surface area contributed by atoms with Gasteiger partial charge in [0.25, 0.3) is 0 Å². The van der Waals surface area contributed by atoms with Crippen LogP contribution in [0.15, 0.2) is 22.5 Å². The van der Waals surface area contributed by atoms with Crippen LogP contribution in [0, 0.1) is 0 Å². The van der Waals surface area contributed by atoms with Gasteiger partial charge in [-0.15, -0.1) is 11.3 Å². The molecule has 1 heterocycles. The first-order valence-corrected chi connectivity index (χ1v) is 6.07. The molecule has 1 aromatic carbocycles. The van der Waals surface area contributed by atoms with E-state index in [0.29, 0.717) is 9.86 Å². The molecular weight excluding hydrogens is 243 g/mol. The number of halogens is 3. The summed E-state index contributed by atoms with van der Waals surface area (Å²) in [6.07, 6.45) is -2.51. The van der Waals surface area contributed by atoms with Crippen molar-refractivity contribution in [1.82, 2.24) is 4.98 Å². The van der Waals surface area contributed by atoms with Crippen LogP contribution in [0.2, 0.25) is 0 Å².